The maximum absolute atomic E-state index is 12.0. The molecular weight excluding hydrogens is 238 g/mol. The van der Waals surface area contributed by atoms with E-state index in [9.17, 15) is 19.2 Å². The van der Waals surface area contributed by atoms with Gasteiger partial charge in [-0.1, -0.05) is 0 Å². The van der Waals surface area contributed by atoms with Gasteiger partial charge < -0.3 is 4.90 Å². The topological polar surface area (TPSA) is 86.8 Å². The molecule has 1 spiro atoms. The molecule has 2 fully saturated rings. The van der Waals surface area contributed by atoms with Crippen LogP contribution in [0.5, 0.6) is 0 Å². The third kappa shape index (κ3) is 1.85. The Hall–Kier alpha value is -1.92. The van der Waals surface area contributed by atoms with Gasteiger partial charge in [0.2, 0.25) is 17.7 Å². The highest BCUT2D eigenvalue weighted by molar-refractivity contribution is 6.20. The van der Waals surface area contributed by atoms with Gasteiger partial charge in [0, 0.05) is 27.1 Å². The molecule has 0 bridgehead atoms. The highest BCUT2D eigenvalue weighted by Gasteiger charge is 2.62. The van der Waals surface area contributed by atoms with E-state index in [0.29, 0.717) is 12.8 Å². The van der Waals surface area contributed by atoms with Crippen LogP contribution in [-0.4, -0.2) is 54.2 Å². The van der Waals surface area contributed by atoms with Crippen LogP contribution in [0.2, 0.25) is 0 Å². The average Bonchev–Trinajstić information content (AvgIpc) is 3.07. The fraction of sp³-hybridized carbons (Fsp3) is 0.636. The van der Waals surface area contributed by atoms with Crippen molar-refractivity contribution < 1.29 is 19.2 Å². The Labute approximate surface area is 104 Å². The molecule has 18 heavy (non-hydrogen) atoms. The maximum Gasteiger partial charge on any atom is 0.330 e. The summed E-state index contributed by atoms with van der Waals surface area (Å²) in [6.07, 6.45) is 1.02. The molecule has 5 amide bonds. The third-order valence-corrected chi connectivity index (χ3v) is 3.35. The van der Waals surface area contributed by atoms with Crippen LogP contribution in [0.3, 0.4) is 0 Å². The number of nitrogens with one attached hydrogen (secondary N) is 1. The van der Waals surface area contributed by atoms with Crippen molar-refractivity contribution in [3.05, 3.63) is 0 Å². The Bertz CT molecular complexity index is 440. The van der Waals surface area contributed by atoms with Gasteiger partial charge in [-0.3, -0.25) is 24.6 Å². The maximum atomic E-state index is 12.0. The summed E-state index contributed by atoms with van der Waals surface area (Å²) >= 11 is 0. The fourth-order valence-electron chi connectivity index (χ4n) is 1.93. The molecular formula is C11H15N3O4. The molecule has 0 unspecified atom stereocenters. The molecule has 0 atom stereocenters. The zero-order chi connectivity index (χ0) is 13.5. The van der Waals surface area contributed by atoms with E-state index in [4.69, 9.17) is 0 Å². The zero-order valence-electron chi connectivity index (χ0n) is 10.4. The first-order chi connectivity index (χ1) is 8.38. The van der Waals surface area contributed by atoms with Gasteiger partial charge in [0.05, 0.1) is 0 Å². The second kappa shape index (κ2) is 4.08. The number of nitrogens with zero attached hydrogens (tertiary/aromatic N) is 2. The number of carbonyl (C=O) groups is 4. The molecule has 0 radical (unpaired) electrons. The van der Waals surface area contributed by atoms with E-state index in [-0.39, 0.29) is 18.9 Å². The summed E-state index contributed by atoms with van der Waals surface area (Å²) in [5.41, 5.74) is -1.03. The lowest BCUT2D eigenvalue weighted by atomic mass is 10.0. The number of hydrogen-bond donors (Lipinski definition) is 1. The van der Waals surface area contributed by atoms with Gasteiger partial charge in [-0.05, 0) is 12.8 Å². The van der Waals surface area contributed by atoms with Crippen LogP contribution in [0.15, 0.2) is 0 Å². The van der Waals surface area contributed by atoms with Crippen LogP contribution in [-0.2, 0) is 14.4 Å². The van der Waals surface area contributed by atoms with Crippen molar-refractivity contribution in [3.63, 3.8) is 0 Å². The molecule has 1 aliphatic carbocycles. The fourth-order valence-corrected chi connectivity index (χ4v) is 1.93. The normalized spacial score (nSPS) is 21.0. The smallest absolute Gasteiger partial charge is 0.330 e. The second-order valence-electron chi connectivity index (χ2n) is 4.84. The van der Waals surface area contributed by atoms with E-state index in [2.05, 4.69) is 5.32 Å². The van der Waals surface area contributed by atoms with Gasteiger partial charge >= 0.3 is 6.03 Å². The Morgan fingerprint density at radius 2 is 1.94 bits per heavy atom. The highest BCUT2D eigenvalue weighted by atomic mass is 16.2. The first kappa shape index (κ1) is 12.5. The van der Waals surface area contributed by atoms with E-state index in [0.717, 1.165) is 4.90 Å². The molecule has 7 nitrogen and oxygen atoms in total. The Morgan fingerprint density at radius 1 is 1.33 bits per heavy atom. The van der Waals surface area contributed by atoms with Crippen LogP contribution in [0.25, 0.3) is 0 Å². The summed E-state index contributed by atoms with van der Waals surface area (Å²) in [6.45, 7) is 0.0106. The number of amides is 5. The number of carbonyl (C=O) groups excluding carboxylic acids is 4. The lowest BCUT2D eigenvalue weighted by Gasteiger charge is -2.30. The lowest BCUT2D eigenvalue weighted by Crippen LogP contribution is -2.59. The quantitative estimate of drug-likeness (QED) is 0.675. The number of barbiturate groups is 1. The molecule has 1 aliphatic heterocycles. The van der Waals surface area contributed by atoms with E-state index in [1.54, 1.807) is 14.1 Å². The average molecular weight is 253 g/mol. The third-order valence-electron chi connectivity index (χ3n) is 3.35. The van der Waals surface area contributed by atoms with Crippen LogP contribution in [0.4, 0.5) is 4.79 Å². The SMILES string of the molecule is CN(C)C(=O)CCN1C(=O)NC(=O)C2(CC2)C1=O. The zero-order valence-corrected chi connectivity index (χ0v) is 10.4. The van der Waals surface area contributed by atoms with E-state index >= 15 is 0 Å². The van der Waals surface area contributed by atoms with E-state index < -0.39 is 23.3 Å². The molecule has 98 valence electrons. The standard InChI is InChI=1S/C11H15N3O4/c1-13(2)7(15)3-6-14-9(17)11(4-5-11)8(16)12-10(14)18/h3-6H2,1-2H3,(H,12,16,18). The number of urea groups is 1. The molecule has 1 heterocycles. The van der Waals surface area contributed by atoms with Gasteiger partial charge in [0.1, 0.15) is 5.41 Å². The molecule has 0 aromatic carbocycles. The van der Waals surface area contributed by atoms with Crippen molar-refractivity contribution in [2.24, 2.45) is 5.41 Å². The summed E-state index contributed by atoms with van der Waals surface area (Å²) in [4.78, 5) is 48.9. The first-order valence-corrected chi connectivity index (χ1v) is 5.76. The summed E-state index contributed by atoms with van der Waals surface area (Å²) in [5, 5.41) is 2.17. The first-order valence-electron chi connectivity index (χ1n) is 5.76. The van der Waals surface area contributed by atoms with Crippen molar-refractivity contribution in [1.82, 2.24) is 15.1 Å². The Kier molecular flexibility index (Phi) is 2.84. The van der Waals surface area contributed by atoms with Gasteiger partial charge in [0.25, 0.3) is 0 Å². The van der Waals surface area contributed by atoms with Gasteiger partial charge in [0.15, 0.2) is 0 Å². The summed E-state index contributed by atoms with van der Waals surface area (Å²) in [5.74, 6) is -1.15. The highest BCUT2D eigenvalue weighted by Crippen LogP contribution is 2.48. The monoisotopic (exact) mass is 253 g/mol. The van der Waals surface area contributed by atoms with Crippen molar-refractivity contribution in [1.29, 1.82) is 0 Å². The molecule has 1 N–H and O–H groups in total. The summed E-state index contributed by atoms with van der Waals surface area (Å²) < 4.78 is 0. The predicted octanol–water partition coefficient (Wildman–Crippen LogP) is -0.677. The van der Waals surface area contributed by atoms with Gasteiger partial charge in [-0.2, -0.15) is 0 Å². The Morgan fingerprint density at radius 3 is 2.44 bits per heavy atom. The largest absolute Gasteiger partial charge is 0.349 e. The molecule has 0 aromatic rings. The molecule has 1 saturated heterocycles. The summed E-state index contributed by atoms with van der Waals surface area (Å²) in [6, 6.07) is -0.728. The van der Waals surface area contributed by atoms with E-state index in [1.165, 1.54) is 4.90 Å². The molecule has 7 heteroatoms. The minimum Gasteiger partial charge on any atom is -0.349 e. The second-order valence-corrected chi connectivity index (χ2v) is 4.84. The minimum absolute atomic E-state index is 0.0106. The van der Waals surface area contributed by atoms with Crippen molar-refractivity contribution in [2.75, 3.05) is 20.6 Å². The molecule has 1 saturated carbocycles. The number of hydrogen-bond acceptors (Lipinski definition) is 4. The lowest BCUT2D eigenvalue weighted by molar-refractivity contribution is -0.144. The van der Waals surface area contributed by atoms with Crippen molar-refractivity contribution in [3.8, 4) is 0 Å². The minimum atomic E-state index is -1.03. The molecule has 2 rings (SSSR count). The summed E-state index contributed by atoms with van der Waals surface area (Å²) in [7, 11) is 3.21. The van der Waals surface area contributed by atoms with Gasteiger partial charge in [-0.15, -0.1) is 0 Å². The van der Waals surface area contributed by atoms with Crippen LogP contribution >= 0.6 is 0 Å². The predicted molar refractivity (Wildman–Crippen MR) is 60.2 cm³/mol. The van der Waals surface area contributed by atoms with Crippen molar-refractivity contribution >= 4 is 23.8 Å². The van der Waals surface area contributed by atoms with Crippen molar-refractivity contribution in [2.45, 2.75) is 19.3 Å². The van der Waals surface area contributed by atoms with Crippen LogP contribution < -0.4 is 5.32 Å². The molecule has 2 aliphatic rings. The van der Waals surface area contributed by atoms with Crippen LogP contribution in [0, 0.1) is 5.41 Å². The Balaban J connectivity index is 2.04. The number of rotatable bonds is 3. The van der Waals surface area contributed by atoms with Crippen LogP contribution in [0.1, 0.15) is 19.3 Å². The van der Waals surface area contributed by atoms with E-state index in [1.807, 2.05) is 0 Å². The van der Waals surface area contributed by atoms with Gasteiger partial charge in [-0.25, -0.2) is 4.79 Å². The molecule has 0 aromatic heterocycles. The number of imide groups is 2.